The van der Waals surface area contributed by atoms with Gasteiger partial charge in [0.25, 0.3) is 0 Å². The fourth-order valence-corrected chi connectivity index (χ4v) is 4.77. The van der Waals surface area contributed by atoms with Crippen LogP contribution in [0.2, 0.25) is 0 Å². The molecule has 4 rings (SSSR count). The minimum absolute atomic E-state index is 0.0290. The first-order valence-corrected chi connectivity index (χ1v) is 10.8. The lowest BCUT2D eigenvalue weighted by atomic mass is 9.79. The van der Waals surface area contributed by atoms with Gasteiger partial charge >= 0.3 is 0 Å². The maximum Gasteiger partial charge on any atom is 0.227 e. The minimum Gasteiger partial charge on any atom is -0.369 e. The number of benzene rings is 1. The summed E-state index contributed by atoms with van der Waals surface area (Å²) in [6.45, 7) is 6.57. The standard InChI is InChI=1S/C22H31N5O2/c1-18-24-20(25-29-18)16-21(28)23-17-22(10-6-3-7-11-22)27-14-12-26(13-15-27)19-8-4-2-5-9-19/h2,4-5,8-9H,3,6-7,10-17H2,1H3,(H,23,28). The number of carbonyl (C=O) groups excluding carboxylic acids is 1. The number of aromatic nitrogens is 2. The van der Waals surface area contributed by atoms with Gasteiger partial charge in [-0.2, -0.15) is 4.98 Å². The molecule has 156 valence electrons. The van der Waals surface area contributed by atoms with Gasteiger partial charge in [0.05, 0.1) is 6.42 Å². The lowest BCUT2D eigenvalue weighted by Crippen LogP contribution is -2.62. The Morgan fingerprint density at radius 2 is 1.83 bits per heavy atom. The molecule has 7 nitrogen and oxygen atoms in total. The molecule has 1 amide bonds. The Hall–Kier alpha value is -2.41. The number of rotatable bonds is 6. The molecule has 0 bridgehead atoms. The van der Waals surface area contributed by atoms with Crippen LogP contribution in [0.4, 0.5) is 5.69 Å². The first-order chi connectivity index (χ1) is 14.1. The van der Waals surface area contributed by atoms with Crippen molar-refractivity contribution in [3.63, 3.8) is 0 Å². The molecule has 2 heterocycles. The Morgan fingerprint density at radius 1 is 1.10 bits per heavy atom. The molecule has 2 aromatic rings. The van der Waals surface area contributed by atoms with Crippen molar-refractivity contribution in [1.29, 1.82) is 0 Å². The van der Waals surface area contributed by atoms with Gasteiger partial charge in [-0.15, -0.1) is 0 Å². The number of nitrogens with zero attached hydrogens (tertiary/aromatic N) is 4. The van der Waals surface area contributed by atoms with Gasteiger partial charge in [-0.1, -0.05) is 42.6 Å². The molecule has 1 aromatic heterocycles. The zero-order valence-corrected chi connectivity index (χ0v) is 17.3. The van der Waals surface area contributed by atoms with Crippen LogP contribution < -0.4 is 10.2 Å². The van der Waals surface area contributed by atoms with Crippen molar-refractivity contribution in [2.75, 3.05) is 37.6 Å². The van der Waals surface area contributed by atoms with Crippen LogP contribution in [0.1, 0.15) is 43.8 Å². The Kier molecular flexibility index (Phi) is 6.13. The van der Waals surface area contributed by atoms with Crippen LogP contribution >= 0.6 is 0 Å². The molecule has 1 N–H and O–H groups in total. The molecule has 1 aliphatic heterocycles. The molecule has 0 radical (unpaired) electrons. The molecule has 29 heavy (non-hydrogen) atoms. The predicted molar refractivity (Wildman–Crippen MR) is 112 cm³/mol. The van der Waals surface area contributed by atoms with E-state index in [1.807, 2.05) is 0 Å². The van der Waals surface area contributed by atoms with Gasteiger partial charge in [0, 0.05) is 50.9 Å². The molecule has 7 heteroatoms. The third kappa shape index (κ3) is 4.78. The van der Waals surface area contributed by atoms with Crippen molar-refractivity contribution in [2.24, 2.45) is 0 Å². The summed E-state index contributed by atoms with van der Waals surface area (Å²) >= 11 is 0. The van der Waals surface area contributed by atoms with E-state index in [9.17, 15) is 4.79 Å². The molecule has 0 atom stereocenters. The highest BCUT2D eigenvalue weighted by molar-refractivity contribution is 5.77. The molecule has 2 aliphatic rings. The number of hydrogen-bond donors (Lipinski definition) is 1. The van der Waals surface area contributed by atoms with Gasteiger partial charge < -0.3 is 14.7 Å². The summed E-state index contributed by atoms with van der Waals surface area (Å²) in [4.78, 5) is 21.7. The number of amides is 1. The highest BCUT2D eigenvalue weighted by Crippen LogP contribution is 2.34. The molecule has 1 aromatic carbocycles. The summed E-state index contributed by atoms with van der Waals surface area (Å²) in [7, 11) is 0. The Balaban J connectivity index is 1.36. The largest absolute Gasteiger partial charge is 0.369 e. The Morgan fingerprint density at radius 3 is 2.48 bits per heavy atom. The number of piperazine rings is 1. The normalized spacial score (nSPS) is 19.8. The third-order valence-corrected chi connectivity index (χ3v) is 6.36. The smallest absolute Gasteiger partial charge is 0.227 e. The number of aryl methyl sites for hydroxylation is 1. The van der Waals surface area contributed by atoms with Crippen molar-refractivity contribution in [1.82, 2.24) is 20.4 Å². The fourth-order valence-electron chi connectivity index (χ4n) is 4.77. The van der Waals surface area contributed by atoms with Gasteiger partial charge in [-0.05, 0) is 25.0 Å². The molecule has 1 aliphatic carbocycles. The number of hydrogen-bond acceptors (Lipinski definition) is 6. The lowest BCUT2D eigenvalue weighted by Gasteiger charge is -2.50. The maximum absolute atomic E-state index is 12.5. The Bertz CT molecular complexity index is 793. The average molecular weight is 398 g/mol. The zero-order valence-electron chi connectivity index (χ0n) is 17.3. The van der Waals surface area contributed by atoms with Gasteiger partial charge in [0.2, 0.25) is 11.8 Å². The van der Waals surface area contributed by atoms with Gasteiger partial charge in [-0.3, -0.25) is 9.69 Å². The van der Waals surface area contributed by atoms with Crippen molar-refractivity contribution in [2.45, 2.75) is 51.0 Å². The van der Waals surface area contributed by atoms with E-state index in [-0.39, 0.29) is 17.9 Å². The van der Waals surface area contributed by atoms with E-state index in [1.165, 1.54) is 24.9 Å². The molecule has 0 spiro atoms. The van der Waals surface area contributed by atoms with E-state index in [4.69, 9.17) is 4.52 Å². The second-order valence-electron chi connectivity index (χ2n) is 8.28. The molecule has 1 saturated heterocycles. The van der Waals surface area contributed by atoms with Gasteiger partial charge in [0.1, 0.15) is 0 Å². The number of anilines is 1. The third-order valence-electron chi connectivity index (χ3n) is 6.36. The van der Waals surface area contributed by atoms with Crippen molar-refractivity contribution in [3.8, 4) is 0 Å². The number of carbonyl (C=O) groups is 1. The van der Waals surface area contributed by atoms with Crippen LogP contribution in [0.5, 0.6) is 0 Å². The average Bonchev–Trinajstić information content (AvgIpc) is 3.18. The highest BCUT2D eigenvalue weighted by atomic mass is 16.5. The minimum atomic E-state index is -0.0290. The van der Waals surface area contributed by atoms with E-state index >= 15 is 0 Å². The fraction of sp³-hybridized carbons (Fsp3) is 0.591. The van der Waals surface area contributed by atoms with Crippen molar-refractivity contribution >= 4 is 11.6 Å². The highest BCUT2D eigenvalue weighted by Gasteiger charge is 2.39. The Labute approximate surface area is 172 Å². The van der Waals surface area contributed by atoms with E-state index in [1.54, 1.807) is 6.92 Å². The topological polar surface area (TPSA) is 74.5 Å². The molecular formula is C22H31N5O2. The molecule has 2 fully saturated rings. The lowest BCUT2D eigenvalue weighted by molar-refractivity contribution is -0.121. The summed E-state index contributed by atoms with van der Waals surface area (Å²) in [5, 5.41) is 7.01. The van der Waals surface area contributed by atoms with E-state index in [2.05, 4.69) is 55.6 Å². The maximum atomic E-state index is 12.5. The van der Waals surface area contributed by atoms with Crippen LogP contribution in [-0.4, -0.2) is 59.2 Å². The SMILES string of the molecule is Cc1nc(CC(=O)NCC2(N3CCN(c4ccccc4)CC3)CCCCC2)no1. The number of para-hydroxylation sites is 1. The molecule has 0 unspecified atom stereocenters. The molecular weight excluding hydrogens is 366 g/mol. The van der Waals surface area contributed by atoms with Crippen molar-refractivity contribution < 1.29 is 9.32 Å². The van der Waals surface area contributed by atoms with Crippen LogP contribution in [0.15, 0.2) is 34.9 Å². The van der Waals surface area contributed by atoms with Crippen LogP contribution in [0.3, 0.4) is 0 Å². The van der Waals surface area contributed by atoms with Gasteiger partial charge in [-0.25, -0.2) is 0 Å². The van der Waals surface area contributed by atoms with E-state index in [0.29, 0.717) is 18.3 Å². The van der Waals surface area contributed by atoms with Crippen LogP contribution in [0, 0.1) is 6.92 Å². The summed E-state index contributed by atoms with van der Waals surface area (Å²) < 4.78 is 4.97. The predicted octanol–water partition coefficient (Wildman–Crippen LogP) is 2.56. The second kappa shape index (κ2) is 8.95. The van der Waals surface area contributed by atoms with E-state index < -0.39 is 0 Å². The van der Waals surface area contributed by atoms with E-state index in [0.717, 1.165) is 39.0 Å². The molecule has 1 saturated carbocycles. The first-order valence-electron chi connectivity index (χ1n) is 10.8. The van der Waals surface area contributed by atoms with Crippen LogP contribution in [0.25, 0.3) is 0 Å². The van der Waals surface area contributed by atoms with Crippen molar-refractivity contribution in [3.05, 3.63) is 42.0 Å². The van der Waals surface area contributed by atoms with Crippen LogP contribution in [-0.2, 0) is 11.2 Å². The summed E-state index contributed by atoms with van der Waals surface area (Å²) in [6, 6.07) is 10.6. The van der Waals surface area contributed by atoms with Gasteiger partial charge in [0.15, 0.2) is 5.82 Å². The number of nitrogens with one attached hydrogen (secondary N) is 1. The second-order valence-corrected chi connectivity index (χ2v) is 8.28. The summed E-state index contributed by atoms with van der Waals surface area (Å²) in [6.07, 6.45) is 6.24. The summed E-state index contributed by atoms with van der Waals surface area (Å²) in [5.74, 6) is 0.917. The monoisotopic (exact) mass is 397 g/mol. The summed E-state index contributed by atoms with van der Waals surface area (Å²) in [5.41, 5.74) is 1.37. The quantitative estimate of drug-likeness (QED) is 0.808. The zero-order chi connectivity index (χ0) is 20.1. The first kappa shape index (κ1) is 19.9.